The molecule has 3 rings (SSSR count). The molecule has 1 saturated heterocycles. The maximum Gasteiger partial charge on any atom is 0.309 e. The molecule has 1 amide bonds. The maximum atomic E-state index is 13.6. The van der Waals surface area contributed by atoms with Crippen LogP contribution in [0.2, 0.25) is 0 Å². The highest BCUT2D eigenvalue weighted by molar-refractivity contribution is 7.89. The SMILES string of the molecule is Cc1cc(C)c(C)c(S(=O)(=O)N2CCC(C(=O)OCC(=O)Nc3ccccc3F)CC2)c1C. The van der Waals surface area contributed by atoms with Crippen LogP contribution < -0.4 is 5.32 Å². The van der Waals surface area contributed by atoms with E-state index in [0.717, 1.165) is 22.3 Å². The lowest BCUT2D eigenvalue weighted by molar-refractivity contribution is -0.152. The minimum Gasteiger partial charge on any atom is -0.455 e. The van der Waals surface area contributed by atoms with Gasteiger partial charge in [0.2, 0.25) is 10.0 Å². The number of anilines is 1. The van der Waals surface area contributed by atoms with E-state index in [1.54, 1.807) is 6.07 Å². The molecule has 0 spiro atoms. The van der Waals surface area contributed by atoms with E-state index in [9.17, 15) is 22.4 Å². The van der Waals surface area contributed by atoms with E-state index in [-0.39, 0.29) is 18.8 Å². The first kappa shape index (κ1) is 24.9. The molecule has 1 fully saturated rings. The molecule has 1 N–H and O–H groups in total. The zero-order valence-corrected chi connectivity index (χ0v) is 20.1. The molecule has 2 aromatic rings. The molecule has 1 aliphatic rings. The Morgan fingerprint density at radius 1 is 1.06 bits per heavy atom. The number of hydrogen-bond donors (Lipinski definition) is 1. The number of rotatable bonds is 6. The van der Waals surface area contributed by atoms with E-state index in [2.05, 4.69) is 5.32 Å². The third-order valence-corrected chi connectivity index (χ3v) is 8.35. The number of amides is 1. The topological polar surface area (TPSA) is 92.8 Å². The standard InChI is InChI=1S/C24H29FN2O5S/c1-15-13-16(2)18(4)23(17(15)3)33(30,31)27-11-9-19(10-12-27)24(29)32-14-22(28)26-21-8-6-5-7-20(21)25/h5-8,13,19H,9-12,14H2,1-4H3,(H,26,28). The number of benzene rings is 2. The highest BCUT2D eigenvalue weighted by atomic mass is 32.2. The molecule has 2 aromatic carbocycles. The molecule has 0 aliphatic carbocycles. The van der Waals surface area contributed by atoms with Crippen molar-refractivity contribution in [3.05, 3.63) is 58.4 Å². The zero-order valence-electron chi connectivity index (χ0n) is 19.3. The molecule has 7 nitrogen and oxygen atoms in total. The van der Waals surface area contributed by atoms with Crippen LogP contribution in [0.15, 0.2) is 35.2 Å². The Morgan fingerprint density at radius 3 is 2.21 bits per heavy atom. The number of esters is 1. The number of ether oxygens (including phenoxy) is 1. The van der Waals surface area contributed by atoms with Crippen molar-refractivity contribution in [3.63, 3.8) is 0 Å². The van der Waals surface area contributed by atoms with Gasteiger partial charge in [-0.15, -0.1) is 0 Å². The van der Waals surface area contributed by atoms with Gasteiger partial charge in [0.15, 0.2) is 6.61 Å². The number of nitrogens with zero attached hydrogens (tertiary/aromatic N) is 1. The molecular formula is C24H29FN2O5S. The van der Waals surface area contributed by atoms with Crippen LogP contribution in [-0.2, 0) is 24.3 Å². The summed E-state index contributed by atoms with van der Waals surface area (Å²) in [6.07, 6.45) is 0.603. The van der Waals surface area contributed by atoms with Gasteiger partial charge in [-0.25, -0.2) is 12.8 Å². The Labute approximate surface area is 194 Å². The highest BCUT2D eigenvalue weighted by Gasteiger charge is 2.35. The van der Waals surface area contributed by atoms with Crippen molar-refractivity contribution in [2.24, 2.45) is 5.92 Å². The number of hydrogen-bond acceptors (Lipinski definition) is 5. The maximum absolute atomic E-state index is 13.6. The predicted molar refractivity (Wildman–Crippen MR) is 123 cm³/mol. The van der Waals surface area contributed by atoms with Crippen LogP contribution in [0.5, 0.6) is 0 Å². The summed E-state index contributed by atoms with van der Waals surface area (Å²) < 4.78 is 46.8. The summed E-state index contributed by atoms with van der Waals surface area (Å²) in [4.78, 5) is 24.7. The first-order valence-electron chi connectivity index (χ1n) is 10.8. The molecule has 0 saturated carbocycles. The number of sulfonamides is 1. The average molecular weight is 477 g/mol. The van der Waals surface area contributed by atoms with Gasteiger partial charge >= 0.3 is 5.97 Å². The molecule has 33 heavy (non-hydrogen) atoms. The molecule has 178 valence electrons. The molecule has 0 unspecified atom stereocenters. The summed E-state index contributed by atoms with van der Waals surface area (Å²) >= 11 is 0. The van der Waals surface area contributed by atoms with Gasteiger partial charge in [-0.3, -0.25) is 9.59 Å². The summed E-state index contributed by atoms with van der Waals surface area (Å²) in [5, 5.41) is 2.35. The summed E-state index contributed by atoms with van der Waals surface area (Å²) in [5.74, 6) is -2.29. The van der Waals surface area contributed by atoms with E-state index in [1.165, 1.54) is 22.5 Å². The van der Waals surface area contributed by atoms with Crippen molar-refractivity contribution in [1.29, 1.82) is 0 Å². The van der Waals surface area contributed by atoms with Crippen LogP contribution in [0, 0.1) is 39.4 Å². The fourth-order valence-electron chi connectivity index (χ4n) is 4.03. The fraction of sp³-hybridized carbons (Fsp3) is 0.417. The van der Waals surface area contributed by atoms with Crippen LogP contribution in [0.25, 0.3) is 0 Å². The zero-order chi connectivity index (χ0) is 24.3. The van der Waals surface area contributed by atoms with E-state index in [4.69, 9.17) is 4.74 Å². The number of carbonyl (C=O) groups excluding carboxylic acids is 2. The highest BCUT2D eigenvalue weighted by Crippen LogP contribution is 2.31. The Morgan fingerprint density at radius 2 is 1.64 bits per heavy atom. The molecule has 0 radical (unpaired) electrons. The lowest BCUT2D eigenvalue weighted by Gasteiger charge is -2.31. The van der Waals surface area contributed by atoms with Crippen molar-refractivity contribution < 1.29 is 27.1 Å². The molecule has 1 aliphatic heterocycles. The van der Waals surface area contributed by atoms with Crippen LogP contribution in [-0.4, -0.2) is 44.3 Å². The van der Waals surface area contributed by atoms with Gasteiger partial charge in [0.05, 0.1) is 16.5 Å². The Hall–Kier alpha value is -2.78. The van der Waals surface area contributed by atoms with Gasteiger partial charge in [-0.2, -0.15) is 4.31 Å². The van der Waals surface area contributed by atoms with E-state index in [1.807, 2.05) is 33.8 Å². The number of aryl methyl sites for hydroxylation is 2. The monoisotopic (exact) mass is 476 g/mol. The molecular weight excluding hydrogens is 447 g/mol. The van der Waals surface area contributed by atoms with Gasteiger partial charge in [0.1, 0.15) is 5.82 Å². The van der Waals surface area contributed by atoms with Gasteiger partial charge in [-0.1, -0.05) is 18.2 Å². The first-order chi connectivity index (χ1) is 15.5. The average Bonchev–Trinajstić information content (AvgIpc) is 2.78. The second-order valence-electron chi connectivity index (χ2n) is 8.40. The normalized spacial score (nSPS) is 15.3. The summed E-state index contributed by atoms with van der Waals surface area (Å²) in [5.41, 5.74) is 3.32. The minimum atomic E-state index is -3.70. The fourth-order valence-corrected chi connectivity index (χ4v) is 6.08. The molecule has 0 bridgehead atoms. The third-order valence-electron chi connectivity index (χ3n) is 6.18. The number of nitrogens with one attached hydrogen (secondary N) is 1. The molecule has 1 heterocycles. The Bertz CT molecular complexity index is 1150. The largest absolute Gasteiger partial charge is 0.455 e. The van der Waals surface area contributed by atoms with Crippen molar-refractivity contribution in [3.8, 4) is 0 Å². The summed E-state index contributed by atoms with van der Waals surface area (Å²) in [6.45, 7) is 7.25. The van der Waals surface area contributed by atoms with Crippen molar-refractivity contribution in [1.82, 2.24) is 4.31 Å². The van der Waals surface area contributed by atoms with E-state index in [0.29, 0.717) is 17.7 Å². The Kier molecular flexibility index (Phi) is 7.54. The number of carbonyl (C=O) groups is 2. The molecule has 0 atom stereocenters. The van der Waals surface area contributed by atoms with Crippen molar-refractivity contribution >= 4 is 27.6 Å². The summed E-state index contributed by atoms with van der Waals surface area (Å²) in [6, 6.07) is 7.68. The summed E-state index contributed by atoms with van der Waals surface area (Å²) in [7, 11) is -3.70. The molecule has 9 heteroatoms. The van der Waals surface area contributed by atoms with Crippen molar-refractivity contribution in [2.45, 2.75) is 45.4 Å². The molecule has 0 aromatic heterocycles. The Balaban J connectivity index is 1.58. The first-order valence-corrected chi connectivity index (χ1v) is 12.2. The van der Waals surface area contributed by atoms with Crippen LogP contribution in [0.3, 0.4) is 0 Å². The van der Waals surface area contributed by atoms with Crippen molar-refractivity contribution in [2.75, 3.05) is 25.0 Å². The number of halogens is 1. The smallest absolute Gasteiger partial charge is 0.309 e. The van der Waals surface area contributed by atoms with Crippen LogP contribution in [0.4, 0.5) is 10.1 Å². The lowest BCUT2D eigenvalue weighted by Crippen LogP contribution is -2.41. The quantitative estimate of drug-likeness (QED) is 0.643. The predicted octanol–water partition coefficient (Wildman–Crippen LogP) is 3.64. The van der Waals surface area contributed by atoms with Gasteiger partial charge < -0.3 is 10.1 Å². The van der Waals surface area contributed by atoms with Gasteiger partial charge in [-0.05, 0) is 74.9 Å². The minimum absolute atomic E-state index is 0.00837. The second kappa shape index (κ2) is 10.0. The van der Waals surface area contributed by atoms with Gasteiger partial charge in [0.25, 0.3) is 5.91 Å². The lowest BCUT2D eigenvalue weighted by atomic mass is 9.98. The number of para-hydroxylation sites is 1. The number of piperidine rings is 1. The third kappa shape index (κ3) is 5.42. The van der Waals surface area contributed by atoms with E-state index < -0.39 is 40.2 Å². The van der Waals surface area contributed by atoms with Crippen LogP contribution in [0.1, 0.15) is 35.1 Å². The van der Waals surface area contributed by atoms with Crippen LogP contribution >= 0.6 is 0 Å². The van der Waals surface area contributed by atoms with E-state index >= 15 is 0 Å². The van der Waals surface area contributed by atoms with Gasteiger partial charge in [0, 0.05) is 13.1 Å². The second-order valence-corrected chi connectivity index (χ2v) is 10.3.